The molecule has 0 aromatic heterocycles. The first-order valence-corrected chi connectivity index (χ1v) is 11.2. The van der Waals surface area contributed by atoms with Crippen molar-refractivity contribution in [3.63, 3.8) is 0 Å². The van der Waals surface area contributed by atoms with Crippen LogP contribution in [0.25, 0.3) is 0 Å². The first kappa shape index (κ1) is 24.8. The number of rotatable bonds is 10. The van der Waals surface area contributed by atoms with Crippen LogP contribution < -0.4 is 15.0 Å². The van der Waals surface area contributed by atoms with Gasteiger partial charge in [0.05, 0.1) is 24.7 Å². The molecule has 0 aliphatic carbocycles. The van der Waals surface area contributed by atoms with Gasteiger partial charge in [-0.25, -0.2) is 4.79 Å². The molecule has 9 nitrogen and oxygen atoms in total. The number of carbonyl (C=O) groups is 4. The number of nitrogens with one attached hydrogen (secondary N) is 1. The molecule has 1 N–H and O–H groups in total. The number of carbonyl (C=O) groups excluding carboxylic acids is 4. The monoisotopic (exact) mass is 468 g/mol. The molecule has 2 aromatic carbocycles. The Morgan fingerprint density at radius 1 is 1.00 bits per heavy atom. The maximum atomic E-state index is 12.4. The summed E-state index contributed by atoms with van der Waals surface area (Å²) in [6.45, 7) is 4.35. The van der Waals surface area contributed by atoms with E-state index < -0.39 is 30.4 Å². The van der Waals surface area contributed by atoms with Crippen LogP contribution in [-0.2, 0) is 23.9 Å². The zero-order chi connectivity index (χ0) is 24.5. The van der Waals surface area contributed by atoms with Crippen molar-refractivity contribution >= 4 is 35.1 Å². The number of benzene rings is 2. The molecule has 1 aliphatic rings. The zero-order valence-corrected chi connectivity index (χ0v) is 19.2. The summed E-state index contributed by atoms with van der Waals surface area (Å²) >= 11 is 0. The highest BCUT2D eigenvalue weighted by atomic mass is 16.5. The third kappa shape index (κ3) is 6.57. The summed E-state index contributed by atoms with van der Waals surface area (Å²) in [5, 5.41) is 2.64. The highest BCUT2D eigenvalue weighted by Crippen LogP contribution is 2.26. The zero-order valence-electron chi connectivity index (χ0n) is 19.2. The first-order chi connectivity index (χ1) is 16.4. The lowest BCUT2D eigenvalue weighted by atomic mass is 10.1. The number of nitrogens with zero attached hydrogens (tertiary/aromatic N) is 1. The standard InChI is InChI=1S/C25H28N2O7/c1-3-13-33-24(30)17-5-9-20(10-6-17)27-15-18(14-23(27)29)25(31)34-16-22(28)26-19-7-11-21(12-8-19)32-4-2/h5-12,18H,3-4,13-16H2,1-2H3,(H,26,28)/t18-/m0/s1. The van der Waals surface area contributed by atoms with Crippen LogP contribution in [0.3, 0.4) is 0 Å². The van der Waals surface area contributed by atoms with Gasteiger partial charge >= 0.3 is 11.9 Å². The number of hydrogen-bond acceptors (Lipinski definition) is 7. The van der Waals surface area contributed by atoms with Crippen molar-refractivity contribution in [1.29, 1.82) is 0 Å². The Labute approximate surface area is 198 Å². The molecular formula is C25H28N2O7. The number of amides is 2. The van der Waals surface area contributed by atoms with Crippen molar-refractivity contribution in [3.8, 4) is 5.75 Å². The molecule has 3 rings (SSSR count). The molecule has 0 unspecified atom stereocenters. The van der Waals surface area contributed by atoms with E-state index in [1.54, 1.807) is 48.5 Å². The molecule has 2 aromatic rings. The number of hydrogen-bond donors (Lipinski definition) is 1. The maximum absolute atomic E-state index is 12.4. The van der Waals surface area contributed by atoms with Crippen molar-refractivity contribution in [1.82, 2.24) is 0 Å². The van der Waals surface area contributed by atoms with Crippen LogP contribution >= 0.6 is 0 Å². The van der Waals surface area contributed by atoms with Gasteiger partial charge in [-0.2, -0.15) is 0 Å². The van der Waals surface area contributed by atoms with Crippen LogP contribution in [0.4, 0.5) is 11.4 Å². The van der Waals surface area contributed by atoms with E-state index in [1.807, 2.05) is 13.8 Å². The second-order valence-electron chi connectivity index (χ2n) is 7.70. The lowest BCUT2D eigenvalue weighted by molar-refractivity contribution is -0.151. The normalized spacial score (nSPS) is 15.1. The fourth-order valence-corrected chi connectivity index (χ4v) is 3.42. The van der Waals surface area contributed by atoms with Crippen LogP contribution in [0.2, 0.25) is 0 Å². The third-order valence-corrected chi connectivity index (χ3v) is 5.10. The average Bonchev–Trinajstić information content (AvgIpc) is 3.24. The SMILES string of the molecule is CCCOC(=O)c1ccc(N2C[C@@H](C(=O)OCC(=O)Nc3ccc(OCC)cc3)CC2=O)cc1. The molecule has 0 bridgehead atoms. The molecule has 1 saturated heterocycles. The molecule has 0 radical (unpaired) electrons. The molecule has 9 heteroatoms. The van der Waals surface area contributed by atoms with E-state index in [9.17, 15) is 19.2 Å². The molecule has 1 fully saturated rings. The van der Waals surface area contributed by atoms with Crippen LogP contribution in [0.1, 0.15) is 37.0 Å². The van der Waals surface area contributed by atoms with Gasteiger partial charge < -0.3 is 24.4 Å². The fourth-order valence-electron chi connectivity index (χ4n) is 3.42. The van der Waals surface area contributed by atoms with E-state index in [0.717, 1.165) is 6.42 Å². The van der Waals surface area contributed by atoms with E-state index in [2.05, 4.69) is 5.32 Å². The van der Waals surface area contributed by atoms with E-state index >= 15 is 0 Å². The summed E-state index contributed by atoms with van der Waals surface area (Å²) in [6, 6.07) is 13.3. The van der Waals surface area contributed by atoms with Gasteiger partial charge in [0.25, 0.3) is 5.91 Å². The van der Waals surface area contributed by atoms with Gasteiger partial charge in [-0.05, 0) is 61.9 Å². The maximum Gasteiger partial charge on any atom is 0.338 e. The van der Waals surface area contributed by atoms with Crippen molar-refractivity contribution in [2.24, 2.45) is 5.92 Å². The Balaban J connectivity index is 1.48. The van der Waals surface area contributed by atoms with Crippen LogP contribution in [-0.4, -0.2) is 50.1 Å². The summed E-state index contributed by atoms with van der Waals surface area (Å²) < 4.78 is 15.6. The van der Waals surface area contributed by atoms with Gasteiger partial charge in [-0.1, -0.05) is 6.92 Å². The highest BCUT2D eigenvalue weighted by Gasteiger charge is 2.36. The number of esters is 2. The van der Waals surface area contributed by atoms with Crippen molar-refractivity contribution in [3.05, 3.63) is 54.1 Å². The summed E-state index contributed by atoms with van der Waals surface area (Å²) in [6.07, 6.45) is 0.715. The van der Waals surface area contributed by atoms with Gasteiger partial charge in [0.15, 0.2) is 6.61 Å². The molecule has 0 saturated carbocycles. The first-order valence-electron chi connectivity index (χ1n) is 11.2. The minimum absolute atomic E-state index is 0.0142. The number of ether oxygens (including phenoxy) is 3. The smallest absolute Gasteiger partial charge is 0.338 e. The van der Waals surface area contributed by atoms with Crippen LogP contribution in [0, 0.1) is 5.92 Å². The summed E-state index contributed by atoms with van der Waals surface area (Å²) in [7, 11) is 0. The predicted octanol–water partition coefficient (Wildman–Crippen LogP) is 3.19. The minimum Gasteiger partial charge on any atom is -0.494 e. The van der Waals surface area contributed by atoms with E-state index in [0.29, 0.717) is 35.9 Å². The lowest BCUT2D eigenvalue weighted by Crippen LogP contribution is -2.28. The second kappa shape index (κ2) is 11.8. The second-order valence-corrected chi connectivity index (χ2v) is 7.70. The fraction of sp³-hybridized carbons (Fsp3) is 0.360. The quantitative estimate of drug-likeness (QED) is 0.533. The Kier molecular flexibility index (Phi) is 8.61. The average molecular weight is 469 g/mol. The Morgan fingerprint density at radius 3 is 2.35 bits per heavy atom. The molecule has 34 heavy (non-hydrogen) atoms. The van der Waals surface area contributed by atoms with Gasteiger partial charge in [0.1, 0.15) is 5.75 Å². The summed E-state index contributed by atoms with van der Waals surface area (Å²) in [5.74, 6) is -1.75. The van der Waals surface area contributed by atoms with Crippen molar-refractivity contribution in [2.45, 2.75) is 26.7 Å². The van der Waals surface area contributed by atoms with Crippen LogP contribution in [0.5, 0.6) is 5.75 Å². The van der Waals surface area contributed by atoms with Gasteiger partial charge in [-0.15, -0.1) is 0 Å². The lowest BCUT2D eigenvalue weighted by Gasteiger charge is -2.17. The largest absolute Gasteiger partial charge is 0.494 e. The van der Waals surface area contributed by atoms with E-state index in [-0.39, 0.29) is 18.9 Å². The predicted molar refractivity (Wildman–Crippen MR) is 125 cm³/mol. The summed E-state index contributed by atoms with van der Waals surface area (Å²) in [4.78, 5) is 50.4. The Morgan fingerprint density at radius 2 is 1.71 bits per heavy atom. The topological polar surface area (TPSA) is 111 Å². The van der Waals surface area contributed by atoms with Crippen LogP contribution in [0.15, 0.2) is 48.5 Å². The Bertz CT molecular complexity index is 1020. The molecule has 0 spiro atoms. The number of anilines is 2. The van der Waals surface area contributed by atoms with Crippen molar-refractivity contribution < 1.29 is 33.4 Å². The molecule has 180 valence electrons. The molecule has 1 atom stereocenters. The Hall–Kier alpha value is -3.88. The van der Waals surface area contributed by atoms with E-state index in [1.165, 1.54) is 4.90 Å². The summed E-state index contributed by atoms with van der Waals surface area (Å²) in [5.41, 5.74) is 1.51. The molecular weight excluding hydrogens is 440 g/mol. The van der Waals surface area contributed by atoms with E-state index in [4.69, 9.17) is 14.2 Å². The molecule has 1 aliphatic heterocycles. The van der Waals surface area contributed by atoms with Gasteiger partial charge in [0, 0.05) is 24.3 Å². The van der Waals surface area contributed by atoms with Crippen molar-refractivity contribution in [2.75, 3.05) is 36.6 Å². The highest BCUT2D eigenvalue weighted by molar-refractivity contribution is 6.00. The van der Waals surface area contributed by atoms with Gasteiger partial charge in [0.2, 0.25) is 5.91 Å². The minimum atomic E-state index is -0.681. The molecule has 1 heterocycles. The molecule has 2 amide bonds. The third-order valence-electron chi connectivity index (χ3n) is 5.10. The van der Waals surface area contributed by atoms with Gasteiger partial charge in [-0.3, -0.25) is 14.4 Å².